The van der Waals surface area contributed by atoms with E-state index in [4.69, 9.17) is 0 Å². The van der Waals surface area contributed by atoms with E-state index in [2.05, 4.69) is 21.3 Å². The summed E-state index contributed by atoms with van der Waals surface area (Å²) in [7, 11) is 0. The molecule has 0 aliphatic carbocycles. The number of hydrogen-bond donors (Lipinski definition) is 4. The average molecular weight is 407 g/mol. The number of piperidine rings is 1. The maximum absolute atomic E-state index is 12.5. The first-order chi connectivity index (χ1) is 12.7. The zero-order valence-corrected chi connectivity index (χ0v) is 16.4. The lowest BCUT2D eigenvalue weighted by molar-refractivity contribution is 0.0928. The predicted molar refractivity (Wildman–Crippen MR) is 111 cm³/mol. The zero-order valence-electron chi connectivity index (χ0n) is 14.7. The second-order valence-corrected chi connectivity index (χ2v) is 7.97. The van der Waals surface area contributed by atoms with Gasteiger partial charge in [0.05, 0.1) is 9.88 Å². The van der Waals surface area contributed by atoms with Crippen molar-refractivity contribution in [1.29, 1.82) is 0 Å². The van der Waals surface area contributed by atoms with E-state index in [0.29, 0.717) is 22.0 Å². The first-order valence-corrected chi connectivity index (χ1v) is 9.77. The number of fused-ring (bicyclic) bond motifs is 2. The van der Waals surface area contributed by atoms with Gasteiger partial charge in [0.1, 0.15) is 0 Å². The van der Waals surface area contributed by atoms with Crippen molar-refractivity contribution in [2.24, 2.45) is 0 Å². The molecule has 4 N–H and O–H groups in total. The summed E-state index contributed by atoms with van der Waals surface area (Å²) in [6.07, 6.45) is 4.41. The number of carbonyl (C=O) groups excluding carboxylic acids is 2. The molecule has 1 aromatic carbocycles. The van der Waals surface area contributed by atoms with Gasteiger partial charge in [0.25, 0.3) is 5.91 Å². The number of halogens is 1. The van der Waals surface area contributed by atoms with E-state index in [9.17, 15) is 9.59 Å². The number of anilines is 2. The average Bonchev–Trinajstić information content (AvgIpc) is 3.22. The van der Waals surface area contributed by atoms with Gasteiger partial charge in [-0.15, -0.1) is 23.7 Å². The maximum Gasteiger partial charge on any atom is 0.324 e. The van der Waals surface area contributed by atoms with Crippen LogP contribution in [0.2, 0.25) is 0 Å². The molecule has 0 spiro atoms. The fraction of sp³-hybridized carbons (Fsp3) is 0.368. The SMILES string of the molecule is Cl.O=C(Nc1ccccc1)Nc1ccc(C(=O)NC2CC3CCC(C2)N3)s1. The van der Waals surface area contributed by atoms with E-state index < -0.39 is 0 Å². The van der Waals surface area contributed by atoms with Gasteiger partial charge in [0.15, 0.2) is 0 Å². The van der Waals surface area contributed by atoms with Gasteiger partial charge in [-0.1, -0.05) is 18.2 Å². The summed E-state index contributed by atoms with van der Waals surface area (Å²) < 4.78 is 0. The van der Waals surface area contributed by atoms with Crippen LogP contribution >= 0.6 is 23.7 Å². The molecule has 3 amide bonds. The molecule has 2 fully saturated rings. The molecule has 1 aromatic heterocycles. The Kier molecular flexibility index (Phi) is 6.36. The van der Waals surface area contributed by atoms with Crippen molar-refractivity contribution in [3.63, 3.8) is 0 Å². The summed E-state index contributed by atoms with van der Waals surface area (Å²) in [5, 5.41) is 12.9. The van der Waals surface area contributed by atoms with Crippen LogP contribution in [0, 0.1) is 0 Å². The van der Waals surface area contributed by atoms with E-state index in [0.717, 1.165) is 18.5 Å². The summed E-state index contributed by atoms with van der Waals surface area (Å²) in [5.41, 5.74) is 0.722. The number of para-hydroxylation sites is 1. The largest absolute Gasteiger partial charge is 0.348 e. The number of benzene rings is 1. The molecular weight excluding hydrogens is 384 g/mol. The van der Waals surface area contributed by atoms with Crippen molar-refractivity contribution >= 4 is 46.4 Å². The fourth-order valence-corrected chi connectivity index (χ4v) is 4.56. The van der Waals surface area contributed by atoms with Crippen LogP contribution in [-0.2, 0) is 0 Å². The van der Waals surface area contributed by atoms with Crippen LogP contribution in [0.25, 0.3) is 0 Å². The Morgan fingerprint density at radius 1 is 0.963 bits per heavy atom. The molecule has 4 rings (SSSR count). The van der Waals surface area contributed by atoms with Crippen molar-refractivity contribution in [3.05, 3.63) is 47.3 Å². The van der Waals surface area contributed by atoms with Gasteiger partial charge < -0.3 is 16.0 Å². The van der Waals surface area contributed by atoms with Crippen molar-refractivity contribution in [3.8, 4) is 0 Å². The van der Waals surface area contributed by atoms with Crippen molar-refractivity contribution < 1.29 is 9.59 Å². The minimum absolute atomic E-state index is 0. The van der Waals surface area contributed by atoms with Crippen LogP contribution in [-0.4, -0.2) is 30.1 Å². The summed E-state index contributed by atoms with van der Waals surface area (Å²) in [5.74, 6) is -0.0576. The van der Waals surface area contributed by atoms with Crippen LogP contribution in [0.4, 0.5) is 15.5 Å². The van der Waals surface area contributed by atoms with Crippen LogP contribution < -0.4 is 21.3 Å². The minimum atomic E-state index is -0.320. The Hall–Kier alpha value is -2.09. The fourth-order valence-electron chi connectivity index (χ4n) is 3.75. The molecule has 8 heteroatoms. The van der Waals surface area contributed by atoms with Gasteiger partial charge in [-0.25, -0.2) is 4.79 Å². The highest BCUT2D eigenvalue weighted by atomic mass is 35.5. The molecule has 3 heterocycles. The van der Waals surface area contributed by atoms with Crippen LogP contribution in [0.1, 0.15) is 35.4 Å². The van der Waals surface area contributed by atoms with Gasteiger partial charge >= 0.3 is 6.03 Å². The first-order valence-electron chi connectivity index (χ1n) is 8.95. The number of nitrogens with one attached hydrogen (secondary N) is 4. The Morgan fingerprint density at radius 2 is 1.67 bits per heavy atom. The van der Waals surface area contributed by atoms with E-state index in [1.165, 1.54) is 24.2 Å². The normalized spacial score (nSPS) is 23.2. The van der Waals surface area contributed by atoms with Gasteiger partial charge in [-0.3, -0.25) is 10.1 Å². The molecular formula is C19H23ClN4O2S. The van der Waals surface area contributed by atoms with E-state index in [-0.39, 0.29) is 30.4 Å². The lowest BCUT2D eigenvalue weighted by Gasteiger charge is -2.29. The monoisotopic (exact) mass is 406 g/mol. The molecule has 2 bridgehead atoms. The summed E-state index contributed by atoms with van der Waals surface area (Å²) in [4.78, 5) is 25.1. The Bertz CT molecular complexity index is 786. The molecule has 2 unspecified atom stereocenters. The van der Waals surface area contributed by atoms with Gasteiger partial charge in [-0.2, -0.15) is 0 Å². The van der Waals surface area contributed by atoms with Gasteiger partial charge in [0, 0.05) is 23.8 Å². The third-order valence-electron chi connectivity index (χ3n) is 4.91. The molecule has 0 saturated carbocycles. The third kappa shape index (κ3) is 5.00. The van der Waals surface area contributed by atoms with Crippen molar-refractivity contribution in [2.75, 3.05) is 10.6 Å². The molecule has 6 nitrogen and oxygen atoms in total. The zero-order chi connectivity index (χ0) is 17.9. The highest BCUT2D eigenvalue weighted by Crippen LogP contribution is 2.28. The van der Waals surface area contributed by atoms with Crippen LogP contribution in [0.3, 0.4) is 0 Å². The summed E-state index contributed by atoms with van der Waals surface area (Å²) >= 11 is 1.29. The Morgan fingerprint density at radius 3 is 2.37 bits per heavy atom. The summed E-state index contributed by atoms with van der Waals surface area (Å²) in [6.45, 7) is 0. The molecule has 2 atom stereocenters. The topological polar surface area (TPSA) is 82.3 Å². The highest BCUT2D eigenvalue weighted by Gasteiger charge is 2.34. The van der Waals surface area contributed by atoms with Crippen molar-refractivity contribution in [2.45, 2.75) is 43.8 Å². The standard InChI is InChI=1S/C19H22N4O2S.ClH/c24-18(21-15-10-13-6-7-14(11-15)20-13)16-8-9-17(26-16)23-19(25)22-12-4-2-1-3-5-12;/h1-5,8-9,13-15,20H,6-7,10-11H2,(H,21,24)(H2,22,23,25);1H. The second kappa shape index (κ2) is 8.73. The molecule has 2 saturated heterocycles. The molecule has 27 heavy (non-hydrogen) atoms. The number of hydrogen-bond acceptors (Lipinski definition) is 4. The lowest BCUT2D eigenvalue weighted by atomic mass is 10.00. The lowest BCUT2D eigenvalue weighted by Crippen LogP contribution is -2.47. The van der Waals surface area contributed by atoms with Crippen LogP contribution in [0.15, 0.2) is 42.5 Å². The highest BCUT2D eigenvalue weighted by molar-refractivity contribution is 7.18. The number of urea groups is 1. The number of carbonyl (C=O) groups is 2. The number of thiophene rings is 1. The minimum Gasteiger partial charge on any atom is -0.348 e. The molecule has 144 valence electrons. The second-order valence-electron chi connectivity index (χ2n) is 6.89. The van der Waals surface area contributed by atoms with E-state index in [1.54, 1.807) is 12.1 Å². The summed E-state index contributed by atoms with van der Waals surface area (Å²) in [6, 6.07) is 13.8. The van der Waals surface area contributed by atoms with Crippen molar-refractivity contribution in [1.82, 2.24) is 10.6 Å². The first kappa shape index (κ1) is 19.7. The maximum atomic E-state index is 12.5. The number of rotatable bonds is 4. The quantitative estimate of drug-likeness (QED) is 0.622. The molecule has 0 radical (unpaired) electrons. The van der Waals surface area contributed by atoms with Crippen LogP contribution in [0.5, 0.6) is 0 Å². The number of amides is 3. The third-order valence-corrected chi connectivity index (χ3v) is 5.91. The Balaban J connectivity index is 0.00000210. The molecule has 2 aromatic rings. The van der Waals surface area contributed by atoms with Gasteiger partial charge in [-0.05, 0) is 49.9 Å². The van der Waals surface area contributed by atoms with Gasteiger partial charge in [0.2, 0.25) is 0 Å². The smallest absolute Gasteiger partial charge is 0.324 e. The van der Waals surface area contributed by atoms with E-state index in [1.807, 2.05) is 30.3 Å². The Labute approximate surface area is 168 Å². The molecule has 2 aliphatic rings. The van der Waals surface area contributed by atoms with E-state index >= 15 is 0 Å². The molecule has 2 aliphatic heterocycles. The predicted octanol–water partition coefficient (Wildman–Crippen LogP) is 3.83.